The molecule has 1 aliphatic heterocycles. The van der Waals surface area contributed by atoms with Crippen LogP contribution in [0.25, 0.3) is 5.76 Å². The molecule has 54 heavy (non-hydrogen) atoms. The number of ketones is 2. The van der Waals surface area contributed by atoms with Crippen LogP contribution < -0.4 is 14.4 Å². The first kappa shape index (κ1) is 39.7. The maximum atomic E-state index is 17.4. The second-order valence-corrected chi connectivity index (χ2v) is 16.2. The molecule has 1 unspecified atom stereocenters. The summed E-state index contributed by atoms with van der Waals surface area (Å²) in [7, 11) is 5.48. The average molecular weight is 755 g/mol. The van der Waals surface area contributed by atoms with E-state index in [1.165, 1.54) is 4.90 Å². The van der Waals surface area contributed by atoms with Crippen molar-refractivity contribution in [3.63, 3.8) is 0 Å². The fourth-order valence-electron chi connectivity index (χ4n) is 8.59. The second-order valence-electron chi connectivity index (χ2n) is 16.2. The lowest BCUT2D eigenvalue weighted by atomic mass is 9.57. The Hall–Kier alpha value is -4.01. The van der Waals surface area contributed by atoms with Gasteiger partial charge in [0.1, 0.15) is 22.7 Å². The molecular formula is C40H55FN4O9. The Labute approximate surface area is 316 Å². The topological polar surface area (TPSA) is 155 Å². The van der Waals surface area contributed by atoms with Crippen molar-refractivity contribution in [2.75, 3.05) is 52.3 Å². The molecule has 2 N–H and O–H groups in total. The Morgan fingerprint density at radius 3 is 2.33 bits per heavy atom. The van der Waals surface area contributed by atoms with Crippen LogP contribution in [0.2, 0.25) is 0 Å². The smallest absolute Gasteiger partial charge is 0.414 e. The molecular weight excluding hydrogens is 699 g/mol. The molecule has 4 aliphatic rings. The first-order chi connectivity index (χ1) is 25.5. The van der Waals surface area contributed by atoms with Crippen molar-refractivity contribution in [2.45, 2.75) is 110 Å². The summed E-state index contributed by atoms with van der Waals surface area (Å²) in [4.78, 5) is 48.3. The fraction of sp³-hybridized carbons (Fsp3) is 0.650. The van der Waals surface area contributed by atoms with Gasteiger partial charge in [0.25, 0.3) is 5.88 Å². The molecule has 0 bridgehead atoms. The van der Waals surface area contributed by atoms with Gasteiger partial charge in [-0.25, -0.2) is 9.18 Å². The molecule has 0 saturated heterocycles. The van der Waals surface area contributed by atoms with Crippen molar-refractivity contribution in [2.24, 2.45) is 11.8 Å². The summed E-state index contributed by atoms with van der Waals surface area (Å²) in [6.45, 7) is 12.2. The lowest BCUT2D eigenvalue weighted by Crippen LogP contribution is -2.63. The zero-order valence-electron chi connectivity index (χ0n) is 33.0. The van der Waals surface area contributed by atoms with Gasteiger partial charge in [0, 0.05) is 35.2 Å². The van der Waals surface area contributed by atoms with E-state index in [2.05, 4.69) is 5.16 Å². The molecule has 1 fully saturated rings. The molecule has 1 aromatic carbocycles. The van der Waals surface area contributed by atoms with Crippen molar-refractivity contribution in [3.05, 3.63) is 39.4 Å². The van der Waals surface area contributed by atoms with Crippen LogP contribution >= 0.6 is 0 Å². The van der Waals surface area contributed by atoms with Crippen LogP contribution in [0.1, 0.15) is 125 Å². The predicted octanol–water partition coefficient (Wildman–Crippen LogP) is 6.57. The number of Topliss-reactive ketones (excluding diaryl/α,β-unsaturated/α-hetero) is 2. The lowest BCUT2D eigenvalue weighted by molar-refractivity contribution is -0.143. The predicted molar refractivity (Wildman–Crippen MR) is 199 cm³/mol. The Bertz CT molecular complexity index is 1850. The van der Waals surface area contributed by atoms with E-state index < -0.39 is 64.4 Å². The molecule has 13 nitrogen and oxygen atoms in total. The van der Waals surface area contributed by atoms with Gasteiger partial charge >= 0.3 is 6.09 Å². The van der Waals surface area contributed by atoms with Crippen LogP contribution in [-0.2, 0) is 16.0 Å². The summed E-state index contributed by atoms with van der Waals surface area (Å²) >= 11 is 0. The maximum Gasteiger partial charge on any atom is 0.414 e. The normalized spacial score (nSPS) is 24.9. The Morgan fingerprint density at radius 2 is 1.72 bits per heavy atom. The summed E-state index contributed by atoms with van der Waals surface area (Å²) in [5, 5.41) is 28.9. The number of amides is 1. The number of fused-ring (bicyclic) bond motifs is 5. The summed E-state index contributed by atoms with van der Waals surface area (Å²) in [5.41, 5.74) is -3.27. The highest BCUT2D eigenvalue weighted by atomic mass is 19.1. The molecule has 6 rings (SSSR count). The van der Waals surface area contributed by atoms with E-state index in [-0.39, 0.29) is 83.5 Å². The van der Waals surface area contributed by atoms with Crippen molar-refractivity contribution in [1.29, 1.82) is 0 Å². The number of unbranched alkanes of at least 4 members (excludes halogenated alkanes) is 2. The fourth-order valence-corrected chi connectivity index (χ4v) is 8.59. The number of anilines is 1. The van der Waals surface area contributed by atoms with Crippen LogP contribution in [0.3, 0.4) is 0 Å². The van der Waals surface area contributed by atoms with Gasteiger partial charge < -0.3 is 33.8 Å². The van der Waals surface area contributed by atoms with Crippen molar-refractivity contribution in [1.82, 2.24) is 15.0 Å². The highest BCUT2D eigenvalue weighted by Crippen LogP contribution is 2.58. The number of halogens is 1. The van der Waals surface area contributed by atoms with E-state index in [0.29, 0.717) is 25.8 Å². The van der Waals surface area contributed by atoms with Gasteiger partial charge in [-0.3, -0.25) is 19.4 Å². The van der Waals surface area contributed by atoms with Crippen molar-refractivity contribution < 1.29 is 47.7 Å². The Balaban J connectivity index is 1.57. The summed E-state index contributed by atoms with van der Waals surface area (Å²) in [6.07, 6.45) is 2.65. The number of nitrogens with zero attached hydrogens (tertiary/aromatic N) is 4. The summed E-state index contributed by atoms with van der Waals surface area (Å²) < 4.78 is 41.2. The van der Waals surface area contributed by atoms with Crippen LogP contribution in [0, 0.1) is 17.7 Å². The van der Waals surface area contributed by atoms with E-state index >= 15 is 4.39 Å². The van der Waals surface area contributed by atoms with E-state index in [9.17, 15) is 24.6 Å². The molecule has 1 aromatic heterocycles. The molecule has 296 valence electrons. The number of hydrogen-bond donors (Lipinski definition) is 2. The number of rotatable bonds is 11. The van der Waals surface area contributed by atoms with Crippen LogP contribution in [0.4, 0.5) is 14.9 Å². The molecule has 14 heteroatoms. The number of aromatic nitrogens is 1. The van der Waals surface area contributed by atoms with Crippen LogP contribution in [0.15, 0.2) is 10.1 Å². The molecule has 5 atom stereocenters. The van der Waals surface area contributed by atoms with Crippen LogP contribution in [-0.4, -0.2) is 101 Å². The molecule has 2 aromatic rings. The number of ether oxygens (including phenoxy) is 3. The molecule has 0 radical (unpaired) electrons. The minimum absolute atomic E-state index is 0.0196. The highest BCUT2D eigenvalue weighted by Gasteiger charge is 2.66. The number of carbonyl (C=O) groups excluding carboxylic acids is 3. The van der Waals surface area contributed by atoms with Crippen LogP contribution in [0.5, 0.6) is 11.6 Å². The highest BCUT2D eigenvalue weighted by molar-refractivity contribution is 6.26. The van der Waals surface area contributed by atoms with Gasteiger partial charge in [0.2, 0.25) is 11.6 Å². The summed E-state index contributed by atoms with van der Waals surface area (Å²) in [6, 6.07) is -1.19. The minimum Gasteiger partial charge on any atom is -0.507 e. The molecule has 3 aliphatic carbocycles. The number of aliphatic hydroxyl groups is 2. The van der Waals surface area contributed by atoms with Gasteiger partial charge in [0.05, 0.1) is 30.5 Å². The zero-order chi connectivity index (χ0) is 39.4. The van der Waals surface area contributed by atoms with E-state index in [4.69, 9.17) is 18.7 Å². The van der Waals surface area contributed by atoms with Gasteiger partial charge in [-0.2, -0.15) is 0 Å². The molecule has 1 saturated carbocycles. The van der Waals surface area contributed by atoms with E-state index in [1.807, 2.05) is 44.7 Å². The van der Waals surface area contributed by atoms with Gasteiger partial charge in [-0.15, -0.1) is 0 Å². The maximum absolute atomic E-state index is 17.4. The Kier molecular flexibility index (Phi) is 11.0. The second kappa shape index (κ2) is 14.9. The minimum atomic E-state index is -2.61. The first-order valence-corrected chi connectivity index (χ1v) is 19.3. The van der Waals surface area contributed by atoms with E-state index in [1.54, 1.807) is 27.8 Å². The SMILES string of the molecule is CCCCOc1noc2c1C(=O)[C@@]1(O)C(=O)C3=C(O)c4c(c(F)c5c(c4OCCCC)N(C(=O)OC(C)(C)C)CCC5N(C)C)C[C@H]3C[C@H]1[C@@H]2N(C)CC. The number of carbonyl (C=O) groups is 3. The molecule has 0 spiro atoms. The standard InChI is InChI=1S/C40H55FN4O9/c1-10-13-17-51-33-26-22(29(41)27-24(43(7)8)15-16-45(31(27)33)38(49)53-39(4,5)6)19-21-20-23-30(44(9)12-3)34-28(37(42-54-34)52-18-14-11-2)36(48)40(23,50)35(47)25(21)32(26)46/h21,23-24,30,46,50H,10-20H2,1-9H3/t21-,23-,24?,30-,40-/m0/s1. The average Bonchev–Trinajstić information content (AvgIpc) is 3.53. The molecule has 1 amide bonds. The van der Waals surface area contributed by atoms with E-state index in [0.717, 1.165) is 12.8 Å². The summed E-state index contributed by atoms with van der Waals surface area (Å²) in [5.74, 6) is -4.67. The van der Waals surface area contributed by atoms with Gasteiger partial charge in [-0.1, -0.05) is 33.6 Å². The third-order valence-electron chi connectivity index (χ3n) is 11.3. The first-order valence-electron chi connectivity index (χ1n) is 19.3. The number of aliphatic hydroxyl groups excluding tert-OH is 1. The monoisotopic (exact) mass is 754 g/mol. The van der Waals surface area contributed by atoms with Gasteiger partial charge in [0.15, 0.2) is 17.1 Å². The number of hydrogen-bond acceptors (Lipinski definition) is 12. The third-order valence-corrected chi connectivity index (χ3v) is 11.3. The number of benzene rings is 1. The van der Waals surface area contributed by atoms with Crippen molar-refractivity contribution >= 4 is 29.1 Å². The Morgan fingerprint density at radius 1 is 1.06 bits per heavy atom. The van der Waals surface area contributed by atoms with Gasteiger partial charge in [-0.05, 0) is 91.6 Å². The zero-order valence-corrected chi connectivity index (χ0v) is 33.0. The quantitative estimate of drug-likeness (QED) is 0.188. The lowest BCUT2D eigenvalue weighted by Gasteiger charge is -2.50. The third kappa shape index (κ3) is 6.37. The van der Waals surface area contributed by atoms with Crippen molar-refractivity contribution in [3.8, 4) is 11.6 Å². The molecule has 2 heterocycles. The largest absolute Gasteiger partial charge is 0.507 e.